The molecule has 3 nitrogen and oxygen atoms in total. The lowest BCUT2D eigenvalue weighted by Gasteiger charge is -2.16. The Morgan fingerprint density at radius 3 is 2.46 bits per heavy atom. The Kier molecular flexibility index (Phi) is 5.14. The SMILES string of the molecule is COc1cc2c(C(=O)/C=C/C(C)(C)O)c(C)ccc2cc1C(C)C. The summed E-state index contributed by atoms with van der Waals surface area (Å²) in [6, 6.07) is 8.04. The molecule has 1 N–H and O–H groups in total. The van der Waals surface area contributed by atoms with Gasteiger partial charge in [-0.25, -0.2) is 0 Å². The maximum atomic E-state index is 12.7. The number of aryl methyl sites for hydroxylation is 1. The average molecular weight is 326 g/mol. The van der Waals surface area contributed by atoms with E-state index in [0.717, 1.165) is 27.6 Å². The maximum absolute atomic E-state index is 12.7. The van der Waals surface area contributed by atoms with Crippen molar-refractivity contribution in [3.63, 3.8) is 0 Å². The van der Waals surface area contributed by atoms with Gasteiger partial charge in [0, 0.05) is 5.56 Å². The molecule has 0 unspecified atom stereocenters. The summed E-state index contributed by atoms with van der Waals surface area (Å²) >= 11 is 0. The molecule has 0 aliphatic rings. The highest BCUT2D eigenvalue weighted by Crippen LogP contribution is 2.34. The van der Waals surface area contributed by atoms with Gasteiger partial charge in [-0.2, -0.15) is 0 Å². The Bertz CT molecular complexity index is 793. The van der Waals surface area contributed by atoms with Crippen LogP contribution in [-0.2, 0) is 0 Å². The highest BCUT2D eigenvalue weighted by atomic mass is 16.5. The van der Waals surface area contributed by atoms with E-state index in [1.165, 1.54) is 12.2 Å². The molecule has 0 amide bonds. The van der Waals surface area contributed by atoms with Gasteiger partial charge >= 0.3 is 0 Å². The molecular formula is C21H26O3. The Labute approximate surface area is 144 Å². The van der Waals surface area contributed by atoms with Crippen molar-refractivity contribution in [1.29, 1.82) is 0 Å². The molecule has 0 aliphatic heterocycles. The molecule has 2 aromatic carbocycles. The number of allylic oxidation sites excluding steroid dienone is 1. The summed E-state index contributed by atoms with van der Waals surface area (Å²) < 4.78 is 5.53. The molecule has 128 valence electrons. The third-order valence-electron chi connectivity index (χ3n) is 4.09. The summed E-state index contributed by atoms with van der Waals surface area (Å²) in [5, 5.41) is 11.7. The van der Waals surface area contributed by atoms with Gasteiger partial charge in [-0.05, 0) is 72.9 Å². The Hall–Kier alpha value is -2.13. The van der Waals surface area contributed by atoms with Crippen LogP contribution in [0.25, 0.3) is 10.8 Å². The monoisotopic (exact) mass is 326 g/mol. The number of benzene rings is 2. The predicted molar refractivity (Wildman–Crippen MR) is 99.1 cm³/mol. The maximum Gasteiger partial charge on any atom is 0.186 e. The largest absolute Gasteiger partial charge is 0.496 e. The second-order valence-corrected chi connectivity index (χ2v) is 7.08. The molecule has 24 heavy (non-hydrogen) atoms. The molecule has 3 heteroatoms. The van der Waals surface area contributed by atoms with Crippen molar-refractivity contribution in [3.8, 4) is 5.75 Å². The first-order valence-electron chi connectivity index (χ1n) is 8.21. The zero-order valence-corrected chi connectivity index (χ0v) is 15.3. The van der Waals surface area contributed by atoms with Crippen LogP contribution in [0.2, 0.25) is 0 Å². The first kappa shape index (κ1) is 18.2. The van der Waals surface area contributed by atoms with Crippen molar-refractivity contribution in [2.45, 2.75) is 46.1 Å². The van der Waals surface area contributed by atoms with E-state index in [2.05, 4.69) is 19.9 Å². The highest BCUT2D eigenvalue weighted by Gasteiger charge is 2.16. The minimum Gasteiger partial charge on any atom is -0.496 e. The molecule has 0 heterocycles. The molecule has 0 radical (unpaired) electrons. The summed E-state index contributed by atoms with van der Waals surface area (Å²) in [5.74, 6) is 1.02. The van der Waals surface area contributed by atoms with Crippen LogP contribution in [0.4, 0.5) is 0 Å². The van der Waals surface area contributed by atoms with Gasteiger partial charge in [-0.1, -0.05) is 26.0 Å². The molecule has 0 aliphatic carbocycles. The van der Waals surface area contributed by atoms with Gasteiger partial charge in [-0.15, -0.1) is 0 Å². The fraction of sp³-hybridized carbons (Fsp3) is 0.381. The van der Waals surface area contributed by atoms with Gasteiger partial charge in [0.15, 0.2) is 5.78 Å². The van der Waals surface area contributed by atoms with E-state index in [1.54, 1.807) is 21.0 Å². The zero-order chi connectivity index (χ0) is 18.1. The Balaban J connectivity index is 2.67. The molecule has 0 atom stereocenters. The summed E-state index contributed by atoms with van der Waals surface area (Å²) in [5.41, 5.74) is 1.67. The Morgan fingerprint density at radius 2 is 1.92 bits per heavy atom. The van der Waals surface area contributed by atoms with E-state index in [4.69, 9.17) is 4.74 Å². The van der Waals surface area contributed by atoms with E-state index in [1.807, 2.05) is 25.1 Å². The molecular weight excluding hydrogens is 300 g/mol. The normalized spacial score (nSPS) is 12.3. The fourth-order valence-electron chi connectivity index (χ4n) is 2.80. The smallest absolute Gasteiger partial charge is 0.186 e. The van der Waals surface area contributed by atoms with Gasteiger partial charge < -0.3 is 9.84 Å². The minimum atomic E-state index is -1.02. The number of rotatable bonds is 5. The quantitative estimate of drug-likeness (QED) is 0.635. The minimum absolute atomic E-state index is 0.112. The lowest BCUT2D eigenvalue weighted by molar-refractivity contribution is 0.103. The average Bonchev–Trinajstić information content (AvgIpc) is 2.50. The van der Waals surface area contributed by atoms with E-state index in [-0.39, 0.29) is 5.78 Å². The van der Waals surface area contributed by atoms with Crippen LogP contribution < -0.4 is 4.74 Å². The van der Waals surface area contributed by atoms with Gasteiger partial charge in [-0.3, -0.25) is 4.79 Å². The number of fused-ring (bicyclic) bond motifs is 1. The lowest BCUT2D eigenvalue weighted by atomic mass is 9.92. The van der Waals surface area contributed by atoms with E-state index in [0.29, 0.717) is 11.5 Å². The molecule has 2 aromatic rings. The van der Waals surface area contributed by atoms with Gasteiger partial charge in [0.2, 0.25) is 0 Å². The topological polar surface area (TPSA) is 46.5 Å². The second kappa shape index (κ2) is 6.78. The van der Waals surface area contributed by atoms with Gasteiger partial charge in [0.05, 0.1) is 12.7 Å². The molecule has 0 saturated heterocycles. The van der Waals surface area contributed by atoms with Crippen LogP contribution in [0.5, 0.6) is 5.75 Å². The van der Waals surface area contributed by atoms with Crippen molar-refractivity contribution in [2.24, 2.45) is 0 Å². The summed E-state index contributed by atoms with van der Waals surface area (Å²) in [6.07, 6.45) is 2.97. The molecule has 0 aromatic heterocycles. The van der Waals surface area contributed by atoms with E-state index < -0.39 is 5.60 Å². The van der Waals surface area contributed by atoms with Crippen molar-refractivity contribution in [1.82, 2.24) is 0 Å². The van der Waals surface area contributed by atoms with E-state index >= 15 is 0 Å². The Morgan fingerprint density at radius 1 is 1.25 bits per heavy atom. The second-order valence-electron chi connectivity index (χ2n) is 7.08. The van der Waals surface area contributed by atoms with Gasteiger partial charge in [0.1, 0.15) is 5.75 Å². The third kappa shape index (κ3) is 3.85. The van der Waals surface area contributed by atoms with Crippen molar-refractivity contribution in [2.75, 3.05) is 7.11 Å². The van der Waals surface area contributed by atoms with Gasteiger partial charge in [0.25, 0.3) is 0 Å². The van der Waals surface area contributed by atoms with Crippen LogP contribution in [0.15, 0.2) is 36.4 Å². The summed E-state index contributed by atoms with van der Waals surface area (Å²) in [6.45, 7) is 9.45. The predicted octanol–water partition coefficient (Wildman–Crippen LogP) is 4.79. The molecule has 2 rings (SSSR count). The molecule has 0 bridgehead atoms. The van der Waals surface area contributed by atoms with Crippen LogP contribution in [0.1, 0.15) is 55.1 Å². The molecule has 0 spiro atoms. The number of hydrogen-bond acceptors (Lipinski definition) is 3. The summed E-state index contributed by atoms with van der Waals surface area (Å²) in [7, 11) is 1.65. The fourth-order valence-corrected chi connectivity index (χ4v) is 2.80. The highest BCUT2D eigenvalue weighted by molar-refractivity contribution is 6.14. The number of ketones is 1. The molecule has 0 fully saturated rings. The molecule has 0 saturated carbocycles. The first-order chi connectivity index (χ1) is 11.1. The number of carbonyl (C=O) groups is 1. The van der Waals surface area contributed by atoms with Crippen LogP contribution in [-0.4, -0.2) is 23.6 Å². The number of carbonyl (C=O) groups excluding carboxylic acids is 1. The van der Waals surface area contributed by atoms with Crippen LogP contribution >= 0.6 is 0 Å². The number of methoxy groups -OCH3 is 1. The van der Waals surface area contributed by atoms with Crippen LogP contribution in [0, 0.1) is 6.92 Å². The number of hydrogen-bond donors (Lipinski definition) is 1. The van der Waals surface area contributed by atoms with Crippen molar-refractivity contribution >= 4 is 16.6 Å². The zero-order valence-electron chi connectivity index (χ0n) is 15.3. The number of aliphatic hydroxyl groups is 1. The third-order valence-corrected chi connectivity index (χ3v) is 4.09. The standard InChI is InChI=1S/C21H26O3/c1-13(2)16-11-15-8-7-14(3)20(17(15)12-19(16)24-6)18(22)9-10-21(4,5)23/h7-13,23H,1-6H3/b10-9+. The summed E-state index contributed by atoms with van der Waals surface area (Å²) in [4.78, 5) is 12.7. The number of ether oxygens (including phenoxy) is 1. The first-order valence-corrected chi connectivity index (χ1v) is 8.21. The van der Waals surface area contributed by atoms with E-state index in [9.17, 15) is 9.90 Å². The lowest BCUT2D eigenvalue weighted by Crippen LogP contribution is -2.14. The van der Waals surface area contributed by atoms with Crippen molar-refractivity contribution < 1.29 is 14.6 Å². The van der Waals surface area contributed by atoms with Crippen molar-refractivity contribution in [3.05, 3.63) is 53.1 Å². The van der Waals surface area contributed by atoms with Crippen LogP contribution in [0.3, 0.4) is 0 Å².